The summed E-state index contributed by atoms with van der Waals surface area (Å²) in [4.78, 5) is 43.2. The van der Waals surface area contributed by atoms with Crippen molar-refractivity contribution in [3.05, 3.63) is 88.4 Å². The van der Waals surface area contributed by atoms with Crippen molar-refractivity contribution in [2.24, 2.45) is 0 Å². The summed E-state index contributed by atoms with van der Waals surface area (Å²) in [6, 6.07) is 20.1. The molecule has 1 aliphatic heterocycles. The predicted octanol–water partition coefficient (Wildman–Crippen LogP) is 4.99. The number of halogens is 1. The number of fused-ring (bicyclic) bond motifs is 2. The highest BCUT2D eigenvalue weighted by Gasteiger charge is 2.34. The van der Waals surface area contributed by atoms with Gasteiger partial charge in [0.15, 0.2) is 0 Å². The van der Waals surface area contributed by atoms with E-state index in [1.165, 1.54) is 4.90 Å². The van der Waals surface area contributed by atoms with Gasteiger partial charge in [-0.05, 0) is 60.8 Å². The normalized spacial score (nSPS) is 13.2. The fourth-order valence-corrected chi connectivity index (χ4v) is 4.71. The summed E-state index contributed by atoms with van der Waals surface area (Å²) in [5.41, 5.74) is 2.33. The Morgan fingerprint density at radius 2 is 1.60 bits per heavy atom. The maximum Gasteiger partial charge on any atom is 0.262 e. The van der Waals surface area contributed by atoms with E-state index < -0.39 is 0 Å². The van der Waals surface area contributed by atoms with Gasteiger partial charge in [-0.3, -0.25) is 19.3 Å². The van der Waals surface area contributed by atoms with Gasteiger partial charge < -0.3 is 10.2 Å². The Kier molecular flexibility index (Phi) is 6.01. The molecule has 0 saturated heterocycles. The Balaban J connectivity index is 1.62. The highest BCUT2D eigenvalue weighted by molar-refractivity contribution is 6.32. The molecule has 1 aliphatic rings. The van der Waals surface area contributed by atoms with Crippen LogP contribution in [0.4, 0.5) is 5.69 Å². The van der Waals surface area contributed by atoms with Crippen molar-refractivity contribution in [2.45, 2.75) is 6.42 Å². The number of likely N-dealkylation sites (N-methyl/N-ethyl adjacent to an activating group) is 1. The Morgan fingerprint density at radius 1 is 0.914 bits per heavy atom. The van der Waals surface area contributed by atoms with Gasteiger partial charge in [-0.1, -0.05) is 48.0 Å². The lowest BCUT2D eigenvalue weighted by Crippen LogP contribution is -2.43. The fraction of sp³-hybridized carbons (Fsp3) is 0.179. The fourth-order valence-electron chi connectivity index (χ4n) is 4.59. The van der Waals surface area contributed by atoms with Gasteiger partial charge in [0.25, 0.3) is 11.8 Å². The van der Waals surface area contributed by atoms with Crippen molar-refractivity contribution >= 4 is 56.6 Å². The number of nitrogens with zero attached hydrogens (tertiary/aromatic N) is 2. The maximum absolute atomic E-state index is 13.8. The number of benzene rings is 4. The molecule has 4 aromatic carbocycles. The van der Waals surface area contributed by atoms with Crippen LogP contribution in [0.5, 0.6) is 0 Å². The summed E-state index contributed by atoms with van der Waals surface area (Å²) in [6.07, 6.45) is 0.170. The van der Waals surface area contributed by atoms with Gasteiger partial charge in [0.2, 0.25) is 5.91 Å². The molecule has 5 rings (SSSR count). The molecule has 6 nitrogen and oxygen atoms in total. The second-order valence-electron chi connectivity index (χ2n) is 8.98. The van der Waals surface area contributed by atoms with Crippen molar-refractivity contribution in [1.82, 2.24) is 9.80 Å². The average molecular weight is 486 g/mol. The van der Waals surface area contributed by atoms with E-state index in [1.54, 1.807) is 24.3 Å². The average Bonchev–Trinajstić information content (AvgIpc) is 2.83. The number of carbonyl (C=O) groups is 3. The number of rotatable bonds is 6. The summed E-state index contributed by atoms with van der Waals surface area (Å²) in [7, 11) is 3.80. The molecule has 3 amide bonds. The summed E-state index contributed by atoms with van der Waals surface area (Å²) < 4.78 is 0. The monoisotopic (exact) mass is 485 g/mol. The van der Waals surface area contributed by atoms with Crippen LogP contribution in [0.15, 0.2) is 66.7 Å². The largest absolute Gasteiger partial charge is 0.325 e. The predicted molar refractivity (Wildman–Crippen MR) is 139 cm³/mol. The van der Waals surface area contributed by atoms with Crippen molar-refractivity contribution < 1.29 is 14.4 Å². The number of nitrogens with one attached hydrogen (secondary N) is 1. The van der Waals surface area contributed by atoms with Crippen molar-refractivity contribution in [3.8, 4) is 0 Å². The molecule has 0 radical (unpaired) electrons. The van der Waals surface area contributed by atoms with Gasteiger partial charge >= 0.3 is 0 Å². The van der Waals surface area contributed by atoms with Crippen LogP contribution in [0.2, 0.25) is 5.02 Å². The molecule has 1 heterocycles. The zero-order valence-electron chi connectivity index (χ0n) is 19.5. The van der Waals surface area contributed by atoms with E-state index in [0.29, 0.717) is 39.2 Å². The van der Waals surface area contributed by atoms with E-state index in [0.717, 1.165) is 16.3 Å². The summed E-state index contributed by atoms with van der Waals surface area (Å²) in [6.45, 7) is 0.834. The van der Waals surface area contributed by atoms with Crippen LogP contribution in [0.3, 0.4) is 0 Å². The SMILES string of the molecule is CN(C)CCN1C(=O)c2cccc3cc4cccc(NC(=O)Cc5ccc(Cl)cc5)c4c(c23)C1=O. The van der Waals surface area contributed by atoms with Crippen LogP contribution in [0.25, 0.3) is 21.5 Å². The molecule has 0 bridgehead atoms. The van der Waals surface area contributed by atoms with E-state index in [-0.39, 0.29) is 30.7 Å². The van der Waals surface area contributed by atoms with Gasteiger partial charge in [-0.2, -0.15) is 0 Å². The molecule has 176 valence electrons. The van der Waals surface area contributed by atoms with Crippen LogP contribution in [-0.4, -0.2) is 54.7 Å². The molecule has 1 N–H and O–H groups in total. The Morgan fingerprint density at radius 3 is 2.31 bits per heavy atom. The molecule has 35 heavy (non-hydrogen) atoms. The summed E-state index contributed by atoms with van der Waals surface area (Å²) in [5, 5.41) is 6.52. The van der Waals surface area contributed by atoms with Crippen molar-refractivity contribution in [3.63, 3.8) is 0 Å². The first-order valence-electron chi connectivity index (χ1n) is 11.4. The molecular weight excluding hydrogens is 462 g/mol. The zero-order valence-corrected chi connectivity index (χ0v) is 20.2. The Bertz CT molecular complexity index is 1500. The van der Waals surface area contributed by atoms with Crippen LogP contribution in [0.1, 0.15) is 26.3 Å². The molecule has 0 atom stereocenters. The number of hydrogen-bond donors (Lipinski definition) is 1. The lowest BCUT2D eigenvalue weighted by atomic mass is 9.89. The van der Waals surface area contributed by atoms with Gasteiger partial charge in [0.1, 0.15) is 0 Å². The van der Waals surface area contributed by atoms with Crippen LogP contribution >= 0.6 is 11.6 Å². The number of imide groups is 1. The number of hydrogen-bond acceptors (Lipinski definition) is 4. The van der Waals surface area contributed by atoms with Gasteiger partial charge in [-0.15, -0.1) is 0 Å². The molecule has 7 heteroatoms. The highest BCUT2D eigenvalue weighted by atomic mass is 35.5. The van der Waals surface area contributed by atoms with Gasteiger partial charge in [0, 0.05) is 40.1 Å². The molecule has 0 unspecified atom stereocenters. The molecule has 0 fully saturated rings. The Hall–Kier alpha value is -3.74. The first kappa shape index (κ1) is 23.0. The summed E-state index contributed by atoms with van der Waals surface area (Å²) >= 11 is 5.95. The van der Waals surface area contributed by atoms with Gasteiger partial charge in [-0.25, -0.2) is 0 Å². The van der Waals surface area contributed by atoms with Crippen LogP contribution in [-0.2, 0) is 11.2 Å². The van der Waals surface area contributed by atoms with E-state index in [1.807, 2.05) is 61.5 Å². The summed E-state index contributed by atoms with van der Waals surface area (Å²) in [5.74, 6) is -0.840. The third-order valence-electron chi connectivity index (χ3n) is 6.26. The molecule has 0 aliphatic carbocycles. The lowest BCUT2D eigenvalue weighted by molar-refractivity contribution is -0.115. The zero-order chi connectivity index (χ0) is 24.7. The quantitative estimate of drug-likeness (QED) is 0.309. The van der Waals surface area contributed by atoms with Crippen molar-refractivity contribution in [1.29, 1.82) is 0 Å². The minimum absolute atomic E-state index is 0.170. The van der Waals surface area contributed by atoms with Crippen molar-refractivity contribution in [2.75, 3.05) is 32.5 Å². The molecule has 0 spiro atoms. The van der Waals surface area contributed by atoms with E-state index >= 15 is 0 Å². The topological polar surface area (TPSA) is 69.7 Å². The maximum atomic E-state index is 13.8. The number of carbonyl (C=O) groups excluding carboxylic acids is 3. The molecule has 0 saturated carbocycles. The number of anilines is 1. The second-order valence-corrected chi connectivity index (χ2v) is 9.41. The van der Waals surface area contributed by atoms with Gasteiger partial charge in [0.05, 0.1) is 12.0 Å². The minimum Gasteiger partial charge on any atom is -0.325 e. The lowest BCUT2D eigenvalue weighted by Gasteiger charge is -2.29. The third kappa shape index (κ3) is 4.27. The standard InChI is InChI=1S/C28H24ClN3O3/c1-31(2)13-14-32-27(34)21-7-3-5-18-16-19-6-4-8-22(25(19)26(24(18)21)28(32)35)30-23(33)15-17-9-11-20(29)12-10-17/h3-12,16H,13-15H2,1-2H3,(H,30,33). The smallest absolute Gasteiger partial charge is 0.262 e. The highest BCUT2D eigenvalue weighted by Crippen LogP contribution is 2.38. The molecular formula is C28H24ClN3O3. The second kappa shape index (κ2) is 9.13. The molecule has 0 aromatic heterocycles. The van der Waals surface area contributed by atoms with Crippen LogP contribution < -0.4 is 5.32 Å². The molecule has 4 aromatic rings. The van der Waals surface area contributed by atoms with Crippen LogP contribution in [0, 0.1) is 0 Å². The number of amides is 3. The van der Waals surface area contributed by atoms with E-state index in [9.17, 15) is 14.4 Å². The third-order valence-corrected chi connectivity index (χ3v) is 6.51. The van der Waals surface area contributed by atoms with E-state index in [2.05, 4.69) is 5.32 Å². The minimum atomic E-state index is -0.342. The first-order chi connectivity index (χ1) is 16.8. The first-order valence-corrected chi connectivity index (χ1v) is 11.7. The van der Waals surface area contributed by atoms with E-state index in [4.69, 9.17) is 11.6 Å². The Labute approximate surface area is 208 Å².